The first-order valence-corrected chi connectivity index (χ1v) is 5.35. The lowest BCUT2D eigenvalue weighted by molar-refractivity contribution is -0.167. The molecule has 0 atom stereocenters. The van der Waals surface area contributed by atoms with Gasteiger partial charge in [0.25, 0.3) is 0 Å². The molecule has 1 aromatic carbocycles. The number of methoxy groups -OCH3 is 2. The summed E-state index contributed by atoms with van der Waals surface area (Å²) >= 11 is 0. The van der Waals surface area contributed by atoms with Gasteiger partial charge in [0.05, 0.1) is 14.2 Å². The normalized spacial score (nSPS) is 10.9. The van der Waals surface area contributed by atoms with Gasteiger partial charge in [0.2, 0.25) is 0 Å². The van der Waals surface area contributed by atoms with Crippen LogP contribution in [0.25, 0.3) is 0 Å². The summed E-state index contributed by atoms with van der Waals surface area (Å²) in [5.41, 5.74) is -0.781. The van der Waals surface area contributed by atoms with E-state index < -0.39 is 17.4 Å². The van der Waals surface area contributed by atoms with Crippen molar-refractivity contribution in [2.45, 2.75) is 13.3 Å². The maximum absolute atomic E-state index is 12.8. The van der Waals surface area contributed by atoms with Crippen LogP contribution in [0.15, 0.2) is 24.3 Å². The van der Waals surface area contributed by atoms with Crippen LogP contribution < -0.4 is 0 Å². The molecule has 5 heteroatoms. The first kappa shape index (κ1) is 14.2. The van der Waals surface area contributed by atoms with E-state index in [1.165, 1.54) is 45.4 Å². The maximum atomic E-state index is 12.8. The van der Waals surface area contributed by atoms with Gasteiger partial charge in [-0.15, -0.1) is 0 Å². The Bertz CT molecular complexity index is 423. The largest absolute Gasteiger partial charge is 0.468 e. The minimum absolute atomic E-state index is 0.0899. The summed E-state index contributed by atoms with van der Waals surface area (Å²) in [4.78, 5) is 23.4. The minimum atomic E-state index is -1.43. The van der Waals surface area contributed by atoms with Crippen LogP contribution in [0.4, 0.5) is 4.39 Å². The summed E-state index contributed by atoms with van der Waals surface area (Å²) in [5.74, 6) is -1.74. The highest BCUT2D eigenvalue weighted by molar-refractivity contribution is 5.99. The zero-order valence-corrected chi connectivity index (χ0v) is 10.5. The van der Waals surface area contributed by atoms with Gasteiger partial charge < -0.3 is 9.47 Å². The van der Waals surface area contributed by atoms with Crippen molar-refractivity contribution in [3.8, 4) is 0 Å². The van der Waals surface area contributed by atoms with Gasteiger partial charge in [-0.1, -0.05) is 12.1 Å². The molecule has 0 aliphatic rings. The molecule has 0 saturated heterocycles. The van der Waals surface area contributed by atoms with E-state index in [-0.39, 0.29) is 12.2 Å². The fraction of sp³-hybridized carbons (Fsp3) is 0.385. The van der Waals surface area contributed by atoms with Gasteiger partial charge in [0.1, 0.15) is 5.82 Å². The van der Waals surface area contributed by atoms with Crippen molar-refractivity contribution < 1.29 is 23.5 Å². The van der Waals surface area contributed by atoms with Crippen molar-refractivity contribution in [3.63, 3.8) is 0 Å². The van der Waals surface area contributed by atoms with E-state index in [2.05, 4.69) is 9.47 Å². The van der Waals surface area contributed by atoms with Crippen LogP contribution in [0.1, 0.15) is 12.5 Å². The van der Waals surface area contributed by atoms with Gasteiger partial charge in [-0.3, -0.25) is 9.59 Å². The van der Waals surface area contributed by atoms with E-state index in [4.69, 9.17) is 0 Å². The lowest BCUT2D eigenvalue weighted by Crippen LogP contribution is -2.40. The molecular formula is C13H15FO4. The van der Waals surface area contributed by atoms with Gasteiger partial charge in [-0.05, 0) is 31.0 Å². The van der Waals surface area contributed by atoms with Crippen LogP contribution >= 0.6 is 0 Å². The second-order valence-corrected chi connectivity index (χ2v) is 4.12. The lowest BCUT2D eigenvalue weighted by atomic mass is 9.83. The second kappa shape index (κ2) is 5.62. The number of rotatable bonds is 4. The van der Waals surface area contributed by atoms with Crippen molar-refractivity contribution >= 4 is 11.9 Å². The van der Waals surface area contributed by atoms with E-state index >= 15 is 0 Å². The number of esters is 2. The van der Waals surface area contributed by atoms with Crippen LogP contribution in [0.2, 0.25) is 0 Å². The zero-order chi connectivity index (χ0) is 13.8. The summed E-state index contributed by atoms with van der Waals surface area (Å²) < 4.78 is 22.0. The number of hydrogen-bond acceptors (Lipinski definition) is 4. The quantitative estimate of drug-likeness (QED) is 0.606. The van der Waals surface area contributed by atoms with Gasteiger partial charge in [0, 0.05) is 0 Å². The van der Waals surface area contributed by atoms with Crippen molar-refractivity contribution in [3.05, 3.63) is 35.6 Å². The minimum Gasteiger partial charge on any atom is -0.468 e. The summed E-state index contributed by atoms with van der Waals surface area (Å²) in [5, 5.41) is 0. The van der Waals surface area contributed by atoms with Crippen molar-refractivity contribution in [1.29, 1.82) is 0 Å². The molecule has 0 bridgehead atoms. The highest BCUT2D eigenvalue weighted by atomic mass is 19.1. The first-order valence-electron chi connectivity index (χ1n) is 5.35. The monoisotopic (exact) mass is 254 g/mol. The fourth-order valence-corrected chi connectivity index (χ4v) is 1.69. The van der Waals surface area contributed by atoms with Crippen LogP contribution in [-0.2, 0) is 25.5 Å². The molecule has 18 heavy (non-hydrogen) atoms. The van der Waals surface area contributed by atoms with Crippen LogP contribution in [0.3, 0.4) is 0 Å². The molecule has 0 spiro atoms. The smallest absolute Gasteiger partial charge is 0.323 e. The average Bonchev–Trinajstić information content (AvgIpc) is 2.39. The number of carbonyl (C=O) groups is 2. The molecule has 0 unspecified atom stereocenters. The van der Waals surface area contributed by atoms with E-state index in [9.17, 15) is 14.0 Å². The summed E-state index contributed by atoms with van der Waals surface area (Å²) in [6.07, 6.45) is 0.0899. The Morgan fingerprint density at radius 2 is 1.56 bits per heavy atom. The summed E-state index contributed by atoms with van der Waals surface area (Å²) in [7, 11) is 2.41. The van der Waals surface area contributed by atoms with E-state index in [0.29, 0.717) is 5.56 Å². The number of carbonyl (C=O) groups excluding carboxylic acids is 2. The third kappa shape index (κ3) is 2.85. The summed E-state index contributed by atoms with van der Waals surface area (Å²) in [6, 6.07) is 5.56. The number of halogens is 1. The maximum Gasteiger partial charge on any atom is 0.323 e. The molecule has 0 heterocycles. The van der Waals surface area contributed by atoms with Gasteiger partial charge in [-0.25, -0.2) is 4.39 Å². The van der Waals surface area contributed by atoms with Gasteiger partial charge in [0.15, 0.2) is 5.41 Å². The zero-order valence-electron chi connectivity index (χ0n) is 10.5. The van der Waals surface area contributed by atoms with Gasteiger partial charge >= 0.3 is 11.9 Å². The Morgan fingerprint density at radius 1 is 1.11 bits per heavy atom. The molecule has 0 N–H and O–H groups in total. The molecule has 1 aromatic rings. The molecule has 98 valence electrons. The molecule has 1 rings (SSSR count). The topological polar surface area (TPSA) is 52.6 Å². The molecule has 0 radical (unpaired) electrons. The van der Waals surface area contributed by atoms with Crippen LogP contribution in [-0.4, -0.2) is 26.2 Å². The Balaban J connectivity index is 3.02. The highest BCUT2D eigenvalue weighted by Gasteiger charge is 2.43. The van der Waals surface area contributed by atoms with E-state index in [0.717, 1.165) is 0 Å². The Kier molecular flexibility index (Phi) is 4.42. The molecule has 0 aliphatic heterocycles. The Labute approximate surface area is 105 Å². The van der Waals surface area contributed by atoms with Crippen LogP contribution in [0, 0.1) is 11.2 Å². The van der Waals surface area contributed by atoms with Crippen molar-refractivity contribution in [2.24, 2.45) is 5.41 Å². The number of hydrogen-bond donors (Lipinski definition) is 0. The van der Waals surface area contributed by atoms with Gasteiger partial charge in [-0.2, -0.15) is 0 Å². The van der Waals surface area contributed by atoms with Crippen molar-refractivity contribution in [2.75, 3.05) is 14.2 Å². The van der Waals surface area contributed by atoms with E-state index in [1.54, 1.807) is 0 Å². The van der Waals surface area contributed by atoms with Crippen molar-refractivity contribution in [1.82, 2.24) is 0 Å². The molecule has 0 saturated carbocycles. The molecule has 0 fully saturated rings. The molecule has 0 aromatic heterocycles. The lowest BCUT2D eigenvalue weighted by Gasteiger charge is -2.23. The highest BCUT2D eigenvalue weighted by Crippen LogP contribution is 2.26. The SMILES string of the molecule is COC(=O)C(C)(Cc1ccc(F)cc1)C(=O)OC. The average molecular weight is 254 g/mol. The summed E-state index contributed by atoms with van der Waals surface area (Å²) in [6.45, 7) is 1.44. The Hall–Kier alpha value is -1.91. The standard InChI is InChI=1S/C13H15FO4/c1-13(11(15)17-2,12(16)18-3)8-9-4-6-10(14)7-5-9/h4-7H,8H2,1-3H3. The molecule has 4 nitrogen and oxygen atoms in total. The molecule has 0 amide bonds. The predicted molar refractivity (Wildman–Crippen MR) is 62.2 cm³/mol. The fourth-order valence-electron chi connectivity index (χ4n) is 1.69. The molecular weight excluding hydrogens is 239 g/mol. The first-order chi connectivity index (χ1) is 8.43. The third-order valence-electron chi connectivity index (χ3n) is 2.74. The van der Waals surface area contributed by atoms with Crippen LogP contribution in [0.5, 0.6) is 0 Å². The second-order valence-electron chi connectivity index (χ2n) is 4.12. The Morgan fingerprint density at radius 3 is 1.94 bits per heavy atom. The number of benzene rings is 1. The number of ether oxygens (including phenoxy) is 2. The third-order valence-corrected chi connectivity index (χ3v) is 2.74. The predicted octanol–water partition coefficient (Wildman–Crippen LogP) is 1.72. The van der Waals surface area contributed by atoms with E-state index in [1.807, 2.05) is 0 Å². The molecule has 0 aliphatic carbocycles.